The molecule has 0 saturated carbocycles. The largest absolute Gasteiger partial charge is 0.494 e. The number of likely N-dealkylation sites (tertiary alicyclic amines) is 1. The minimum absolute atomic E-state index is 0.0479. The maximum Gasteiger partial charge on any atom is 0.251 e. The Morgan fingerprint density at radius 3 is 2.59 bits per heavy atom. The molecule has 27 heavy (non-hydrogen) atoms. The fraction of sp³-hybridized carbons (Fsp3) is 0.435. The number of carbonyl (C=O) groups is 1. The maximum atomic E-state index is 12.7. The first-order chi connectivity index (χ1) is 13.2. The average molecular weight is 367 g/mol. The summed E-state index contributed by atoms with van der Waals surface area (Å²) in [6.07, 6.45) is 3.41. The smallest absolute Gasteiger partial charge is 0.251 e. The average Bonchev–Trinajstić information content (AvgIpc) is 3.22. The van der Waals surface area contributed by atoms with Crippen molar-refractivity contribution in [1.29, 1.82) is 0 Å². The van der Waals surface area contributed by atoms with Gasteiger partial charge in [-0.3, -0.25) is 9.69 Å². The van der Waals surface area contributed by atoms with E-state index in [1.54, 1.807) is 0 Å². The van der Waals surface area contributed by atoms with Gasteiger partial charge in [0.05, 0.1) is 12.6 Å². The number of nitrogens with one attached hydrogen (secondary N) is 1. The van der Waals surface area contributed by atoms with Gasteiger partial charge in [-0.25, -0.2) is 0 Å². The highest BCUT2D eigenvalue weighted by atomic mass is 16.5. The van der Waals surface area contributed by atoms with E-state index in [1.165, 1.54) is 24.0 Å². The fourth-order valence-corrected chi connectivity index (χ4v) is 3.54. The van der Waals surface area contributed by atoms with E-state index in [0.29, 0.717) is 18.7 Å². The highest BCUT2D eigenvalue weighted by Crippen LogP contribution is 2.25. The lowest BCUT2D eigenvalue weighted by Gasteiger charge is -2.28. The van der Waals surface area contributed by atoms with E-state index in [-0.39, 0.29) is 11.9 Å². The molecule has 1 heterocycles. The first-order valence-corrected chi connectivity index (χ1v) is 9.99. The van der Waals surface area contributed by atoms with Crippen LogP contribution in [0.5, 0.6) is 5.75 Å². The summed E-state index contributed by atoms with van der Waals surface area (Å²) in [7, 11) is 0. The maximum absolute atomic E-state index is 12.7. The Kier molecular flexibility index (Phi) is 6.88. The van der Waals surface area contributed by atoms with Crippen LogP contribution in [0, 0.1) is 6.92 Å². The number of hydrogen-bond donors (Lipinski definition) is 1. The molecule has 0 bridgehead atoms. The van der Waals surface area contributed by atoms with E-state index in [2.05, 4.69) is 48.3 Å². The Morgan fingerprint density at radius 2 is 1.89 bits per heavy atom. The van der Waals surface area contributed by atoms with Crippen molar-refractivity contribution in [2.75, 3.05) is 26.2 Å². The SMILES string of the molecule is CCCOc1cccc(C(=O)NC[C@@H](c2ccc(C)cc2)N2CCCC2)c1. The zero-order valence-corrected chi connectivity index (χ0v) is 16.4. The fourth-order valence-electron chi connectivity index (χ4n) is 3.54. The van der Waals surface area contributed by atoms with E-state index >= 15 is 0 Å². The number of hydrogen-bond acceptors (Lipinski definition) is 3. The summed E-state index contributed by atoms with van der Waals surface area (Å²) >= 11 is 0. The molecule has 1 amide bonds. The van der Waals surface area contributed by atoms with Crippen LogP contribution in [0.3, 0.4) is 0 Å². The van der Waals surface area contributed by atoms with Gasteiger partial charge >= 0.3 is 0 Å². The standard InChI is InChI=1S/C23H30N2O2/c1-3-15-27-21-8-6-7-20(16-21)23(26)24-17-22(25-13-4-5-14-25)19-11-9-18(2)10-12-19/h6-12,16,22H,3-5,13-15,17H2,1-2H3,(H,24,26)/t22-/m0/s1. The molecular weight excluding hydrogens is 336 g/mol. The molecule has 0 radical (unpaired) electrons. The van der Waals surface area contributed by atoms with Crippen LogP contribution in [-0.4, -0.2) is 37.0 Å². The number of carbonyl (C=O) groups excluding carboxylic acids is 1. The zero-order chi connectivity index (χ0) is 19.1. The van der Waals surface area contributed by atoms with Crippen LogP contribution < -0.4 is 10.1 Å². The number of rotatable bonds is 8. The van der Waals surface area contributed by atoms with Crippen molar-refractivity contribution in [3.8, 4) is 5.75 Å². The monoisotopic (exact) mass is 366 g/mol. The molecule has 1 saturated heterocycles. The third-order valence-corrected chi connectivity index (χ3v) is 5.07. The van der Waals surface area contributed by atoms with Gasteiger partial charge in [-0.15, -0.1) is 0 Å². The lowest BCUT2D eigenvalue weighted by Crippen LogP contribution is -2.36. The van der Waals surface area contributed by atoms with Crippen molar-refractivity contribution in [2.24, 2.45) is 0 Å². The van der Waals surface area contributed by atoms with Gasteiger partial charge < -0.3 is 10.1 Å². The summed E-state index contributed by atoms with van der Waals surface area (Å²) in [5.41, 5.74) is 3.17. The van der Waals surface area contributed by atoms with E-state index in [0.717, 1.165) is 25.3 Å². The minimum atomic E-state index is -0.0479. The van der Waals surface area contributed by atoms with Crippen LogP contribution in [0.2, 0.25) is 0 Å². The molecule has 0 unspecified atom stereocenters. The lowest BCUT2D eigenvalue weighted by molar-refractivity contribution is 0.0937. The predicted octanol–water partition coefficient (Wildman–Crippen LogP) is 4.35. The summed E-state index contributed by atoms with van der Waals surface area (Å²) < 4.78 is 5.65. The molecule has 1 N–H and O–H groups in total. The number of ether oxygens (including phenoxy) is 1. The van der Waals surface area contributed by atoms with Crippen molar-refractivity contribution in [3.63, 3.8) is 0 Å². The van der Waals surface area contributed by atoms with Crippen molar-refractivity contribution in [3.05, 3.63) is 65.2 Å². The molecule has 0 spiro atoms. The highest BCUT2D eigenvalue weighted by Gasteiger charge is 2.24. The van der Waals surface area contributed by atoms with Crippen molar-refractivity contribution in [2.45, 2.75) is 39.2 Å². The first-order valence-electron chi connectivity index (χ1n) is 9.99. The van der Waals surface area contributed by atoms with Crippen LogP contribution >= 0.6 is 0 Å². The molecule has 2 aromatic rings. The Labute approximate surface area is 162 Å². The normalized spacial score (nSPS) is 15.5. The third kappa shape index (κ3) is 5.33. The van der Waals surface area contributed by atoms with Crippen LogP contribution in [-0.2, 0) is 0 Å². The molecule has 144 valence electrons. The predicted molar refractivity (Wildman–Crippen MR) is 109 cm³/mol. The second-order valence-corrected chi connectivity index (χ2v) is 7.26. The molecule has 4 heteroatoms. The molecule has 1 fully saturated rings. The van der Waals surface area contributed by atoms with Crippen LogP contribution in [0.1, 0.15) is 53.7 Å². The van der Waals surface area contributed by atoms with Gasteiger partial charge in [0.2, 0.25) is 0 Å². The number of nitrogens with zero attached hydrogens (tertiary/aromatic N) is 1. The number of amides is 1. The van der Waals surface area contributed by atoms with Gasteiger partial charge in [-0.05, 0) is 63.0 Å². The Bertz CT molecular complexity index is 736. The van der Waals surface area contributed by atoms with Crippen LogP contribution in [0.4, 0.5) is 0 Å². The summed E-state index contributed by atoms with van der Waals surface area (Å²) in [6.45, 7) is 7.63. The molecule has 2 aromatic carbocycles. The molecule has 0 aromatic heterocycles. The highest BCUT2D eigenvalue weighted by molar-refractivity contribution is 5.94. The third-order valence-electron chi connectivity index (χ3n) is 5.07. The first kappa shape index (κ1) is 19.4. The van der Waals surface area contributed by atoms with Crippen molar-refractivity contribution in [1.82, 2.24) is 10.2 Å². The van der Waals surface area contributed by atoms with Gasteiger partial charge in [0.1, 0.15) is 5.75 Å². The van der Waals surface area contributed by atoms with Crippen LogP contribution in [0.15, 0.2) is 48.5 Å². The molecule has 1 aliphatic rings. The zero-order valence-electron chi connectivity index (χ0n) is 16.4. The summed E-state index contributed by atoms with van der Waals surface area (Å²) in [5, 5.41) is 3.14. The van der Waals surface area contributed by atoms with Crippen molar-refractivity contribution >= 4 is 5.91 Å². The van der Waals surface area contributed by atoms with Gasteiger partial charge in [-0.1, -0.05) is 42.8 Å². The topological polar surface area (TPSA) is 41.6 Å². The van der Waals surface area contributed by atoms with Crippen molar-refractivity contribution < 1.29 is 9.53 Å². The Morgan fingerprint density at radius 1 is 1.15 bits per heavy atom. The summed E-state index contributed by atoms with van der Waals surface area (Å²) in [5.74, 6) is 0.701. The van der Waals surface area contributed by atoms with Gasteiger partial charge in [0, 0.05) is 12.1 Å². The quantitative estimate of drug-likeness (QED) is 0.755. The summed E-state index contributed by atoms with van der Waals surface area (Å²) in [6, 6.07) is 16.3. The minimum Gasteiger partial charge on any atom is -0.494 e. The van der Waals surface area contributed by atoms with E-state index < -0.39 is 0 Å². The molecule has 1 aliphatic heterocycles. The van der Waals surface area contributed by atoms with Gasteiger partial charge in [0.15, 0.2) is 0 Å². The van der Waals surface area contributed by atoms with E-state index in [1.807, 2.05) is 24.3 Å². The second-order valence-electron chi connectivity index (χ2n) is 7.26. The van der Waals surface area contributed by atoms with E-state index in [9.17, 15) is 4.79 Å². The molecule has 4 nitrogen and oxygen atoms in total. The number of benzene rings is 2. The Hall–Kier alpha value is -2.33. The van der Waals surface area contributed by atoms with E-state index in [4.69, 9.17) is 4.74 Å². The van der Waals surface area contributed by atoms with Gasteiger partial charge in [-0.2, -0.15) is 0 Å². The molecule has 0 aliphatic carbocycles. The van der Waals surface area contributed by atoms with Gasteiger partial charge in [0.25, 0.3) is 5.91 Å². The number of aryl methyl sites for hydroxylation is 1. The molecule has 3 rings (SSSR count). The second kappa shape index (κ2) is 9.56. The molecular formula is C23H30N2O2. The van der Waals surface area contributed by atoms with Crippen LogP contribution in [0.25, 0.3) is 0 Å². The lowest BCUT2D eigenvalue weighted by atomic mass is 10.0. The summed E-state index contributed by atoms with van der Waals surface area (Å²) in [4.78, 5) is 15.2. The Balaban J connectivity index is 1.67. The molecule has 1 atom stereocenters.